The van der Waals surface area contributed by atoms with Crippen molar-refractivity contribution in [2.45, 2.75) is 82.0 Å². The smallest absolute Gasteiger partial charge is 0.318 e. The number of rotatable bonds is 6. The fourth-order valence-electron chi connectivity index (χ4n) is 9.54. The van der Waals surface area contributed by atoms with E-state index in [1.54, 1.807) is 0 Å². The minimum absolute atomic E-state index is 0.0712. The standard InChI is InChI=1S/C30H43N5O5S/c1-41(38,39)34-10-8-33(9-11-34)22-4-6-25(7-5-22)40-26-14-23-2-3-24(15-26)35(23)29(37)32-27-20-12-19-13-21(27)18-30(16-19,17-20)28(31)36/h4-7,19-21,23-24,26-27H,2-3,8-18H2,1H3,(H2,31,36)(H,32,37)/t19?,20-,21+,23?,24?,26?,27?,30?. The van der Waals surface area contributed by atoms with Crippen LogP contribution in [0.2, 0.25) is 0 Å². The van der Waals surface area contributed by atoms with Crippen LogP contribution in [0.15, 0.2) is 24.3 Å². The molecular formula is C30H43N5O5S. The van der Waals surface area contributed by atoms with Crippen LogP contribution in [0.25, 0.3) is 0 Å². The number of nitrogens with two attached hydrogens (primary N) is 1. The van der Waals surface area contributed by atoms with Crippen molar-refractivity contribution in [1.29, 1.82) is 0 Å². The summed E-state index contributed by atoms with van der Waals surface area (Å²) in [7, 11) is -3.14. The number of nitrogens with one attached hydrogen (secondary N) is 1. The van der Waals surface area contributed by atoms with Crippen molar-refractivity contribution in [3.05, 3.63) is 24.3 Å². The van der Waals surface area contributed by atoms with Gasteiger partial charge in [-0.3, -0.25) is 4.79 Å². The molecule has 3 heterocycles. The summed E-state index contributed by atoms with van der Waals surface area (Å²) in [4.78, 5) is 30.3. The summed E-state index contributed by atoms with van der Waals surface area (Å²) in [5.74, 6) is 2.01. The summed E-state index contributed by atoms with van der Waals surface area (Å²) in [5, 5.41) is 3.45. The first kappa shape index (κ1) is 27.3. The lowest BCUT2D eigenvalue weighted by molar-refractivity contribution is -0.145. The Kier molecular flexibility index (Phi) is 6.69. The SMILES string of the molecule is CS(=O)(=O)N1CCN(c2ccc(OC3CC4CCC(C3)N4C(=O)NC3[C@@H]4CC5C[C@H]3CC(C(N)=O)(C5)C4)cc2)CC1. The maximum absolute atomic E-state index is 13.6. The molecule has 11 heteroatoms. The number of hydrogen-bond donors (Lipinski definition) is 2. The van der Waals surface area contributed by atoms with E-state index < -0.39 is 10.0 Å². The highest BCUT2D eigenvalue weighted by Crippen LogP contribution is 2.60. The van der Waals surface area contributed by atoms with Gasteiger partial charge < -0.3 is 25.6 Å². The molecule has 3 saturated heterocycles. The second-order valence-corrected chi connectivity index (χ2v) is 15.7. The van der Waals surface area contributed by atoms with Crippen molar-refractivity contribution >= 4 is 27.6 Å². The summed E-state index contributed by atoms with van der Waals surface area (Å²) in [6, 6.07) is 8.73. The number of carbonyl (C=O) groups excluding carboxylic acids is 2. The molecule has 10 nitrogen and oxygen atoms in total. The number of primary amides is 1. The molecule has 41 heavy (non-hydrogen) atoms. The van der Waals surface area contributed by atoms with Crippen molar-refractivity contribution < 1.29 is 22.7 Å². The normalized spacial score (nSPS) is 38.2. The van der Waals surface area contributed by atoms with Crippen molar-refractivity contribution in [2.24, 2.45) is 28.9 Å². The highest BCUT2D eigenvalue weighted by Gasteiger charge is 2.58. The van der Waals surface area contributed by atoms with Gasteiger partial charge in [0.2, 0.25) is 15.9 Å². The third-order valence-electron chi connectivity index (χ3n) is 11.2. The maximum atomic E-state index is 13.6. The summed E-state index contributed by atoms with van der Waals surface area (Å²) in [5.41, 5.74) is 6.60. The number of amides is 3. The van der Waals surface area contributed by atoms with Crippen LogP contribution in [-0.2, 0) is 14.8 Å². The van der Waals surface area contributed by atoms with E-state index in [4.69, 9.17) is 10.5 Å². The van der Waals surface area contributed by atoms with Gasteiger partial charge in [-0.1, -0.05) is 0 Å². The molecule has 1 aromatic carbocycles. The van der Waals surface area contributed by atoms with Gasteiger partial charge in [0.25, 0.3) is 0 Å². The van der Waals surface area contributed by atoms with Crippen LogP contribution in [0, 0.1) is 23.2 Å². The van der Waals surface area contributed by atoms with Crippen molar-refractivity contribution in [1.82, 2.24) is 14.5 Å². The average molecular weight is 586 g/mol. The van der Waals surface area contributed by atoms with E-state index in [0.717, 1.165) is 69.2 Å². The molecule has 4 saturated carbocycles. The highest BCUT2D eigenvalue weighted by atomic mass is 32.2. The molecule has 0 spiro atoms. The fourth-order valence-corrected chi connectivity index (χ4v) is 10.4. The predicted molar refractivity (Wildman–Crippen MR) is 155 cm³/mol. The molecule has 7 aliphatic rings. The molecule has 4 aliphatic carbocycles. The number of nitrogens with zero attached hydrogens (tertiary/aromatic N) is 3. The number of benzene rings is 1. The quantitative estimate of drug-likeness (QED) is 0.529. The van der Waals surface area contributed by atoms with Gasteiger partial charge in [0, 0.05) is 68.2 Å². The Balaban J connectivity index is 0.934. The molecule has 1 aromatic rings. The van der Waals surface area contributed by atoms with Gasteiger partial charge in [-0.25, -0.2) is 13.2 Å². The van der Waals surface area contributed by atoms with Gasteiger partial charge in [0.05, 0.1) is 6.26 Å². The lowest BCUT2D eigenvalue weighted by Crippen LogP contribution is -2.64. The van der Waals surface area contributed by atoms with Crippen molar-refractivity contribution in [3.63, 3.8) is 0 Å². The van der Waals surface area contributed by atoms with Crippen LogP contribution in [0.4, 0.5) is 10.5 Å². The van der Waals surface area contributed by atoms with E-state index >= 15 is 0 Å². The van der Waals surface area contributed by atoms with E-state index in [1.807, 2.05) is 12.1 Å². The molecule has 5 unspecified atom stereocenters. The van der Waals surface area contributed by atoms with E-state index in [2.05, 4.69) is 27.2 Å². The van der Waals surface area contributed by atoms with E-state index in [9.17, 15) is 18.0 Å². The average Bonchev–Trinajstić information content (AvgIpc) is 3.20. The topological polar surface area (TPSA) is 125 Å². The molecular weight excluding hydrogens is 542 g/mol. The zero-order chi connectivity index (χ0) is 28.5. The number of hydrogen-bond acceptors (Lipinski definition) is 6. The van der Waals surface area contributed by atoms with E-state index in [1.165, 1.54) is 10.6 Å². The Morgan fingerprint density at radius 3 is 2.10 bits per heavy atom. The van der Waals surface area contributed by atoms with Crippen LogP contribution >= 0.6 is 0 Å². The largest absolute Gasteiger partial charge is 0.490 e. The van der Waals surface area contributed by atoms with Crippen LogP contribution in [0.3, 0.4) is 0 Å². The molecule has 7 atom stereocenters. The number of piperidine rings is 1. The van der Waals surface area contributed by atoms with E-state index in [0.29, 0.717) is 43.9 Å². The Morgan fingerprint density at radius 1 is 0.927 bits per heavy atom. The van der Waals surface area contributed by atoms with Crippen LogP contribution in [0.1, 0.15) is 57.8 Å². The maximum Gasteiger partial charge on any atom is 0.318 e. The third kappa shape index (κ3) is 4.96. The number of fused-ring (bicyclic) bond motifs is 2. The Bertz CT molecular complexity index is 1270. The summed E-state index contributed by atoms with van der Waals surface area (Å²) < 4.78 is 31.5. The monoisotopic (exact) mass is 585 g/mol. The van der Waals surface area contributed by atoms with Crippen molar-refractivity contribution in [2.75, 3.05) is 37.3 Å². The Hall–Kier alpha value is -2.53. The van der Waals surface area contributed by atoms with Crippen LogP contribution in [0.5, 0.6) is 5.75 Å². The highest BCUT2D eigenvalue weighted by molar-refractivity contribution is 7.88. The number of piperazine rings is 1. The zero-order valence-electron chi connectivity index (χ0n) is 23.9. The lowest BCUT2D eigenvalue weighted by Gasteiger charge is -2.59. The fraction of sp³-hybridized carbons (Fsp3) is 0.733. The van der Waals surface area contributed by atoms with Gasteiger partial charge in [0.15, 0.2) is 0 Å². The third-order valence-corrected chi connectivity index (χ3v) is 12.5. The summed E-state index contributed by atoms with van der Waals surface area (Å²) in [6.45, 7) is 2.35. The second kappa shape index (κ2) is 10.0. The molecule has 7 fully saturated rings. The number of urea groups is 1. The predicted octanol–water partition coefficient (Wildman–Crippen LogP) is 2.53. The summed E-state index contributed by atoms with van der Waals surface area (Å²) >= 11 is 0. The molecule has 224 valence electrons. The Labute approximate surface area is 243 Å². The van der Waals surface area contributed by atoms with Gasteiger partial charge in [-0.05, 0) is 87.0 Å². The molecule has 3 aliphatic heterocycles. The van der Waals surface area contributed by atoms with Gasteiger partial charge >= 0.3 is 6.03 Å². The summed E-state index contributed by atoms with van der Waals surface area (Å²) in [6.07, 6.45) is 9.87. The molecule has 3 amide bonds. The van der Waals surface area contributed by atoms with Gasteiger partial charge in [0.1, 0.15) is 11.9 Å². The van der Waals surface area contributed by atoms with E-state index in [-0.39, 0.29) is 41.6 Å². The molecule has 3 N–H and O–H groups in total. The minimum Gasteiger partial charge on any atom is -0.490 e. The molecule has 6 bridgehead atoms. The van der Waals surface area contributed by atoms with Crippen molar-refractivity contribution in [3.8, 4) is 5.75 Å². The first-order valence-corrected chi connectivity index (χ1v) is 17.3. The number of anilines is 1. The molecule has 0 radical (unpaired) electrons. The number of sulfonamides is 1. The first-order chi connectivity index (χ1) is 19.6. The zero-order valence-corrected chi connectivity index (χ0v) is 24.7. The van der Waals surface area contributed by atoms with Gasteiger partial charge in [-0.2, -0.15) is 4.31 Å². The van der Waals surface area contributed by atoms with Crippen LogP contribution in [-0.4, -0.2) is 86.2 Å². The lowest BCUT2D eigenvalue weighted by atomic mass is 9.47. The first-order valence-electron chi connectivity index (χ1n) is 15.4. The minimum atomic E-state index is -3.14. The molecule has 8 rings (SSSR count). The Morgan fingerprint density at radius 2 is 1.54 bits per heavy atom. The van der Waals surface area contributed by atoms with Crippen LogP contribution < -0.4 is 20.7 Å². The second-order valence-electron chi connectivity index (χ2n) is 13.7. The number of carbonyl (C=O) groups is 2. The van der Waals surface area contributed by atoms with Gasteiger partial charge in [-0.15, -0.1) is 0 Å². The number of ether oxygens (including phenoxy) is 1. The molecule has 0 aromatic heterocycles.